The van der Waals surface area contributed by atoms with E-state index < -0.39 is 35.3 Å². The average Bonchev–Trinajstić information content (AvgIpc) is 2.73. The molecule has 0 saturated carbocycles. The highest BCUT2D eigenvalue weighted by molar-refractivity contribution is 6.33. The molecule has 0 aliphatic rings. The van der Waals surface area contributed by atoms with E-state index >= 15 is 0 Å². The van der Waals surface area contributed by atoms with Crippen LogP contribution in [-0.2, 0) is 17.5 Å². The van der Waals surface area contributed by atoms with Gasteiger partial charge in [0.1, 0.15) is 12.3 Å². The lowest BCUT2D eigenvalue weighted by atomic mass is 10.2. The van der Waals surface area contributed by atoms with E-state index in [4.69, 9.17) is 16.3 Å². The molecule has 1 heterocycles. The Labute approximate surface area is 184 Å². The largest absolute Gasteiger partial charge is 0.492 e. The number of anilines is 1. The maximum Gasteiger partial charge on any atom is 0.416 e. The summed E-state index contributed by atoms with van der Waals surface area (Å²) in [6.45, 7) is 1.52. The lowest BCUT2D eigenvalue weighted by Crippen LogP contribution is -2.41. The molecular formula is C21H17ClF3N3O4. The van der Waals surface area contributed by atoms with Crippen LogP contribution in [0, 0.1) is 0 Å². The van der Waals surface area contributed by atoms with E-state index in [1.807, 2.05) is 0 Å². The monoisotopic (exact) mass is 467 g/mol. The number of nitrogens with one attached hydrogen (secondary N) is 1. The second-order valence-electron chi connectivity index (χ2n) is 6.55. The Hall–Kier alpha value is -3.53. The van der Waals surface area contributed by atoms with Crippen molar-refractivity contribution in [2.24, 2.45) is 0 Å². The summed E-state index contributed by atoms with van der Waals surface area (Å²) in [5, 5.41) is 2.12. The molecule has 0 spiro atoms. The molecule has 1 aromatic heterocycles. The van der Waals surface area contributed by atoms with Crippen LogP contribution in [0.5, 0.6) is 5.75 Å². The third-order valence-corrected chi connectivity index (χ3v) is 4.69. The van der Waals surface area contributed by atoms with Gasteiger partial charge in [-0.2, -0.15) is 13.2 Å². The maximum absolute atomic E-state index is 12.9. The number of hydrogen-bond acceptors (Lipinski definition) is 4. The van der Waals surface area contributed by atoms with E-state index in [2.05, 4.69) is 5.32 Å². The van der Waals surface area contributed by atoms with Crippen LogP contribution in [0.25, 0.3) is 5.69 Å². The predicted molar refractivity (Wildman–Crippen MR) is 113 cm³/mol. The highest BCUT2D eigenvalue weighted by atomic mass is 35.5. The zero-order valence-corrected chi connectivity index (χ0v) is 17.4. The second-order valence-corrected chi connectivity index (χ2v) is 6.95. The SMILES string of the molecule is CCOc1ccccc1-n1ccn(CC(=O)Nc2cc(C(F)(F)F)ccc2Cl)c(=O)c1=O. The molecule has 11 heteroatoms. The van der Waals surface area contributed by atoms with Crippen molar-refractivity contribution in [3.63, 3.8) is 0 Å². The maximum atomic E-state index is 12.9. The topological polar surface area (TPSA) is 82.3 Å². The van der Waals surface area contributed by atoms with Crippen molar-refractivity contribution < 1.29 is 22.7 Å². The van der Waals surface area contributed by atoms with Crippen LogP contribution < -0.4 is 21.2 Å². The zero-order valence-electron chi connectivity index (χ0n) is 16.6. The highest BCUT2D eigenvalue weighted by Crippen LogP contribution is 2.33. The fourth-order valence-electron chi connectivity index (χ4n) is 2.90. The van der Waals surface area contributed by atoms with Gasteiger partial charge in [0.05, 0.1) is 28.6 Å². The number of aromatic nitrogens is 2. The van der Waals surface area contributed by atoms with Crippen molar-refractivity contribution >= 4 is 23.2 Å². The molecular weight excluding hydrogens is 451 g/mol. The number of amides is 1. The van der Waals surface area contributed by atoms with Crippen molar-refractivity contribution in [2.75, 3.05) is 11.9 Å². The van der Waals surface area contributed by atoms with Gasteiger partial charge in [0, 0.05) is 12.4 Å². The van der Waals surface area contributed by atoms with Crippen LogP contribution in [-0.4, -0.2) is 21.6 Å². The summed E-state index contributed by atoms with van der Waals surface area (Å²) >= 11 is 5.86. The minimum absolute atomic E-state index is 0.110. The molecule has 0 unspecified atom stereocenters. The Balaban J connectivity index is 1.86. The van der Waals surface area contributed by atoms with Gasteiger partial charge in [-0.15, -0.1) is 0 Å². The quantitative estimate of drug-likeness (QED) is 0.560. The number of rotatable bonds is 6. The minimum atomic E-state index is -4.62. The van der Waals surface area contributed by atoms with Crippen molar-refractivity contribution in [1.82, 2.24) is 9.13 Å². The molecule has 3 aromatic rings. The summed E-state index contributed by atoms with van der Waals surface area (Å²) in [6, 6.07) is 9.09. The molecule has 3 rings (SSSR count). The number of alkyl halides is 3. The van der Waals surface area contributed by atoms with Gasteiger partial charge < -0.3 is 10.1 Å². The molecule has 32 heavy (non-hydrogen) atoms. The summed E-state index contributed by atoms with van der Waals surface area (Å²) < 4.78 is 46.1. The normalized spacial score (nSPS) is 11.3. The number of carbonyl (C=O) groups excluding carboxylic acids is 1. The summed E-state index contributed by atoms with van der Waals surface area (Å²) in [6.07, 6.45) is -2.10. The lowest BCUT2D eigenvalue weighted by Gasteiger charge is -2.14. The van der Waals surface area contributed by atoms with Gasteiger partial charge in [0.15, 0.2) is 0 Å². The first-order valence-electron chi connectivity index (χ1n) is 9.32. The van der Waals surface area contributed by atoms with Crippen molar-refractivity contribution in [1.29, 1.82) is 0 Å². The van der Waals surface area contributed by atoms with E-state index in [1.165, 1.54) is 12.4 Å². The number of benzene rings is 2. The van der Waals surface area contributed by atoms with Gasteiger partial charge in [-0.3, -0.25) is 23.5 Å². The fourth-order valence-corrected chi connectivity index (χ4v) is 3.06. The van der Waals surface area contributed by atoms with E-state index in [0.29, 0.717) is 24.1 Å². The number of halogens is 4. The third kappa shape index (κ3) is 5.02. The first-order valence-corrected chi connectivity index (χ1v) is 9.70. The number of ether oxygens (including phenoxy) is 1. The van der Waals surface area contributed by atoms with Gasteiger partial charge in [-0.25, -0.2) is 0 Å². The summed E-state index contributed by atoms with van der Waals surface area (Å²) in [4.78, 5) is 37.4. The van der Waals surface area contributed by atoms with Crippen LogP contribution in [0.4, 0.5) is 18.9 Å². The third-order valence-electron chi connectivity index (χ3n) is 4.36. The molecule has 0 radical (unpaired) electrons. The summed E-state index contributed by atoms with van der Waals surface area (Å²) in [5.74, 6) is -0.439. The first kappa shape index (κ1) is 23.1. The van der Waals surface area contributed by atoms with Crippen LogP contribution in [0.1, 0.15) is 12.5 Å². The Bertz CT molecular complexity index is 1270. The average molecular weight is 468 g/mol. The first-order chi connectivity index (χ1) is 15.1. The molecule has 0 bridgehead atoms. The van der Waals surface area contributed by atoms with E-state index in [0.717, 1.165) is 21.3 Å². The van der Waals surface area contributed by atoms with Gasteiger partial charge in [0.2, 0.25) is 5.91 Å². The van der Waals surface area contributed by atoms with Crippen LogP contribution in [0.3, 0.4) is 0 Å². The van der Waals surface area contributed by atoms with E-state index in [-0.39, 0.29) is 10.7 Å². The van der Waals surface area contributed by atoms with Crippen LogP contribution >= 0.6 is 11.6 Å². The Morgan fingerprint density at radius 1 is 1.09 bits per heavy atom. The van der Waals surface area contributed by atoms with Gasteiger partial charge in [0.25, 0.3) is 0 Å². The number of hydrogen-bond donors (Lipinski definition) is 1. The minimum Gasteiger partial charge on any atom is -0.492 e. The highest BCUT2D eigenvalue weighted by Gasteiger charge is 2.31. The fraction of sp³-hybridized carbons (Fsp3) is 0.190. The molecule has 1 amide bonds. The number of nitrogens with zero attached hydrogens (tertiary/aromatic N) is 2. The van der Waals surface area contributed by atoms with Crippen molar-refractivity contribution in [2.45, 2.75) is 19.6 Å². The second kappa shape index (κ2) is 9.31. The molecule has 0 atom stereocenters. The van der Waals surface area contributed by atoms with Gasteiger partial charge in [-0.05, 0) is 37.3 Å². The molecule has 1 N–H and O–H groups in total. The predicted octanol–water partition coefficient (Wildman–Crippen LogP) is 3.71. The smallest absolute Gasteiger partial charge is 0.416 e. The Morgan fingerprint density at radius 3 is 2.50 bits per heavy atom. The molecule has 0 aliphatic carbocycles. The molecule has 2 aromatic carbocycles. The van der Waals surface area contributed by atoms with Crippen molar-refractivity contribution in [3.05, 3.63) is 86.2 Å². The van der Waals surface area contributed by atoms with E-state index in [9.17, 15) is 27.6 Å². The van der Waals surface area contributed by atoms with Crippen LogP contribution in [0.15, 0.2) is 64.4 Å². The zero-order chi connectivity index (χ0) is 23.5. The van der Waals surface area contributed by atoms with E-state index in [1.54, 1.807) is 31.2 Å². The van der Waals surface area contributed by atoms with Gasteiger partial charge in [-0.1, -0.05) is 23.7 Å². The summed E-state index contributed by atoms with van der Waals surface area (Å²) in [5.41, 5.74) is -2.83. The van der Waals surface area contributed by atoms with Crippen LogP contribution in [0.2, 0.25) is 5.02 Å². The standard InChI is InChI=1S/C21H17ClF3N3O4/c1-2-32-17-6-4-3-5-16(17)28-10-9-27(19(30)20(28)31)12-18(29)26-15-11-13(21(23,24)25)7-8-14(15)22/h3-11H,2,12H2,1H3,(H,26,29). The summed E-state index contributed by atoms with van der Waals surface area (Å²) in [7, 11) is 0. The molecule has 0 aliphatic heterocycles. The number of carbonyl (C=O) groups is 1. The van der Waals surface area contributed by atoms with Gasteiger partial charge >= 0.3 is 17.3 Å². The Kier molecular flexibility index (Phi) is 6.73. The Morgan fingerprint density at radius 2 is 1.81 bits per heavy atom. The molecule has 0 fully saturated rings. The molecule has 7 nitrogen and oxygen atoms in total. The lowest BCUT2D eigenvalue weighted by molar-refractivity contribution is -0.137. The number of para-hydroxylation sites is 2. The molecule has 0 saturated heterocycles. The molecule has 168 valence electrons. The van der Waals surface area contributed by atoms with Crippen molar-refractivity contribution in [3.8, 4) is 11.4 Å².